The molecule has 0 bridgehead atoms. The van der Waals surface area contributed by atoms with Crippen LogP contribution in [0.1, 0.15) is 32.1 Å². The summed E-state index contributed by atoms with van der Waals surface area (Å²) in [6, 6.07) is 9.48. The molecule has 0 heterocycles. The Bertz CT molecular complexity index is 521. The normalized spacial score (nSPS) is 20.1. The predicted octanol–water partition coefficient (Wildman–Crippen LogP) is 4.44. The van der Waals surface area contributed by atoms with Crippen molar-refractivity contribution >= 4 is 9.73 Å². The fourth-order valence-electron chi connectivity index (χ4n) is 2.50. The van der Waals surface area contributed by atoms with E-state index in [2.05, 4.69) is 10.8 Å². The Kier molecular flexibility index (Phi) is 5.08. The number of hydrogen-bond donors (Lipinski definition) is 0. The van der Waals surface area contributed by atoms with E-state index in [1.807, 2.05) is 36.4 Å². The van der Waals surface area contributed by atoms with Gasteiger partial charge in [-0.2, -0.15) is 0 Å². The quantitative estimate of drug-likeness (QED) is 0.747. The van der Waals surface area contributed by atoms with Gasteiger partial charge < -0.3 is 0 Å². The third-order valence-electron chi connectivity index (χ3n) is 3.65. The Morgan fingerprint density at radius 2 is 1.89 bits per heavy atom. The Hall–Kier alpha value is -1.22. The van der Waals surface area contributed by atoms with Crippen LogP contribution in [0, 0.1) is 12.3 Å². The molecular weight excluding hydrogens is 254 g/mol. The van der Waals surface area contributed by atoms with E-state index < -0.39 is 9.73 Å². The number of benzene rings is 1. The topological polar surface area (TPSA) is 29.4 Å². The third-order valence-corrected chi connectivity index (χ3v) is 5.66. The van der Waals surface area contributed by atoms with E-state index in [0.29, 0.717) is 5.92 Å². The summed E-state index contributed by atoms with van der Waals surface area (Å²) in [7, 11) is -0.768. The van der Waals surface area contributed by atoms with Gasteiger partial charge in [0.15, 0.2) is 0 Å². The highest BCUT2D eigenvalue weighted by Crippen LogP contribution is 2.26. The molecule has 1 aliphatic rings. The standard InChI is InChI=1S/C16H22NOS/c1-17-19(18,16-12-6-3-7-13-16)14-8-11-15-9-4-2-5-10-15/h3,6-8,11-15H,2,4-5,9-10H2,1H3/q-1/b14-8+. The monoisotopic (exact) mass is 276 g/mol. The van der Waals surface area contributed by atoms with Crippen LogP contribution in [0.25, 0.3) is 0 Å². The van der Waals surface area contributed by atoms with E-state index in [1.54, 1.807) is 12.5 Å². The van der Waals surface area contributed by atoms with Crippen LogP contribution in [0.4, 0.5) is 0 Å². The second-order valence-corrected chi connectivity index (χ2v) is 7.23. The van der Waals surface area contributed by atoms with E-state index in [1.165, 1.54) is 32.1 Å². The van der Waals surface area contributed by atoms with Crippen LogP contribution in [0.15, 0.2) is 51.1 Å². The van der Waals surface area contributed by atoms with Crippen molar-refractivity contribution in [2.45, 2.75) is 37.0 Å². The SMILES string of the molecule is CN=S(=O)(/C=C/[CH-]C1CCCCC1)c1ccccc1. The van der Waals surface area contributed by atoms with Crippen LogP contribution < -0.4 is 0 Å². The predicted molar refractivity (Wildman–Crippen MR) is 81.2 cm³/mol. The van der Waals surface area contributed by atoms with Crippen LogP contribution in [0.3, 0.4) is 0 Å². The van der Waals surface area contributed by atoms with Crippen LogP contribution in [-0.2, 0) is 9.73 Å². The summed E-state index contributed by atoms with van der Waals surface area (Å²) >= 11 is 0. The molecule has 0 saturated heterocycles. The van der Waals surface area contributed by atoms with E-state index in [0.717, 1.165) is 4.90 Å². The molecule has 1 aromatic carbocycles. The first-order valence-electron chi connectivity index (χ1n) is 6.96. The van der Waals surface area contributed by atoms with Gasteiger partial charge in [-0.05, 0) is 12.1 Å². The summed E-state index contributed by atoms with van der Waals surface area (Å²) < 4.78 is 16.8. The Morgan fingerprint density at radius 1 is 1.21 bits per heavy atom. The van der Waals surface area contributed by atoms with Gasteiger partial charge in [0, 0.05) is 21.7 Å². The van der Waals surface area contributed by atoms with Crippen LogP contribution in [-0.4, -0.2) is 11.3 Å². The Labute approximate surface area is 117 Å². The van der Waals surface area contributed by atoms with Crippen molar-refractivity contribution in [3.8, 4) is 0 Å². The average molecular weight is 276 g/mol. The van der Waals surface area contributed by atoms with Crippen molar-refractivity contribution in [2.24, 2.45) is 10.3 Å². The minimum absolute atomic E-state index is 0.654. The van der Waals surface area contributed by atoms with Crippen molar-refractivity contribution in [1.29, 1.82) is 0 Å². The van der Waals surface area contributed by atoms with Gasteiger partial charge in [-0.15, -0.1) is 5.41 Å². The molecule has 0 N–H and O–H groups in total. The maximum atomic E-state index is 12.7. The van der Waals surface area contributed by atoms with E-state index in [4.69, 9.17) is 0 Å². The fraction of sp³-hybridized carbons (Fsp3) is 0.438. The molecule has 2 nitrogen and oxygen atoms in total. The lowest BCUT2D eigenvalue weighted by molar-refractivity contribution is 0.405. The van der Waals surface area contributed by atoms with Crippen molar-refractivity contribution in [2.75, 3.05) is 7.05 Å². The maximum absolute atomic E-state index is 12.7. The zero-order valence-corrected chi connectivity index (χ0v) is 12.3. The molecule has 1 aliphatic carbocycles. The molecule has 1 fully saturated rings. The molecule has 2 rings (SSSR count). The third kappa shape index (κ3) is 3.87. The van der Waals surface area contributed by atoms with Crippen molar-refractivity contribution in [3.05, 3.63) is 48.2 Å². The lowest BCUT2D eigenvalue weighted by Crippen LogP contribution is -2.05. The molecule has 0 spiro atoms. The van der Waals surface area contributed by atoms with Gasteiger partial charge in [0.25, 0.3) is 0 Å². The molecule has 0 radical (unpaired) electrons. The van der Waals surface area contributed by atoms with E-state index in [-0.39, 0.29) is 0 Å². The number of hydrogen-bond acceptors (Lipinski definition) is 2. The molecule has 19 heavy (non-hydrogen) atoms. The minimum Gasteiger partial charge on any atom is -0.259 e. The zero-order chi connectivity index (χ0) is 13.6. The summed E-state index contributed by atoms with van der Waals surface area (Å²) in [6.07, 6.45) is 10.7. The van der Waals surface area contributed by atoms with Gasteiger partial charge in [-0.1, -0.05) is 56.2 Å². The highest BCUT2D eigenvalue weighted by molar-refractivity contribution is 7.96. The second kappa shape index (κ2) is 6.80. The molecule has 0 amide bonds. The first-order valence-corrected chi connectivity index (χ1v) is 8.54. The van der Waals surface area contributed by atoms with Gasteiger partial charge in [-0.3, -0.25) is 4.21 Å². The van der Waals surface area contributed by atoms with E-state index >= 15 is 0 Å². The lowest BCUT2D eigenvalue weighted by atomic mass is 9.87. The highest BCUT2D eigenvalue weighted by Gasteiger charge is 2.08. The molecule has 3 heteroatoms. The molecule has 0 aliphatic heterocycles. The van der Waals surface area contributed by atoms with Crippen molar-refractivity contribution in [1.82, 2.24) is 0 Å². The van der Waals surface area contributed by atoms with Gasteiger partial charge in [0.2, 0.25) is 0 Å². The smallest absolute Gasteiger partial charge is 0.0364 e. The van der Waals surface area contributed by atoms with Crippen molar-refractivity contribution < 1.29 is 4.21 Å². The van der Waals surface area contributed by atoms with E-state index in [9.17, 15) is 4.21 Å². The number of nitrogens with zero attached hydrogens (tertiary/aromatic N) is 1. The molecule has 0 aromatic heterocycles. The van der Waals surface area contributed by atoms with Gasteiger partial charge in [0.05, 0.1) is 0 Å². The molecule has 104 valence electrons. The first kappa shape index (κ1) is 14.2. The van der Waals surface area contributed by atoms with Crippen LogP contribution in [0.2, 0.25) is 0 Å². The van der Waals surface area contributed by atoms with Crippen LogP contribution in [0.5, 0.6) is 0 Å². The number of allylic oxidation sites excluding steroid dienone is 1. The maximum Gasteiger partial charge on any atom is 0.0364 e. The largest absolute Gasteiger partial charge is 0.259 e. The zero-order valence-electron chi connectivity index (χ0n) is 11.5. The summed E-state index contributed by atoms with van der Waals surface area (Å²) in [6.45, 7) is 0. The van der Waals surface area contributed by atoms with Crippen LogP contribution >= 0.6 is 0 Å². The molecule has 1 unspecified atom stereocenters. The number of rotatable bonds is 4. The fourth-order valence-corrected chi connectivity index (χ4v) is 3.84. The van der Waals surface area contributed by atoms with Gasteiger partial charge >= 0.3 is 0 Å². The van der Waals surface area contributed by atoms with Gasteiger partial charge in [0.1, 0.15) is 0 Å². The molecular formula is C16H22NOS-. The van der Waals surface area contributed by atoms with Crippen molar-refractivity contribution in [3.63, 3.8) is 0 Å². The molecule has 1 atom stereocenters. The minimum atomic E-state index is -2.39. The summed E-state index contributed by atoms with van der Waals surface area (Å²) in [4.78, 5) is 0.783. The molecule has 1 saturated carbocycles. The molecule has 1 aromatic rings. The summed E-state index contributed by atoms with van der Waals surface area (Å²) in [5.41, 5.74) is 0. The highest BCUT2D eigenvalue weighted by atomic mass is 32.2. The Morgan fingerprint density at radius 3 is 2.53 bits per heavy atom. The summed E-state index contributed by atoms with van der Waals surface area (Å²) in [5, 5.41) is 1.76. The average Bonchev–Trinajstić information content (AvgIpc) is 2.49. The Balaban J connectivity index is 2.05. The first-order chi connectivity index (χ1) is 9.24. The second-order valence-electron chi connectivity index (χ2n) is 4.98. The summed E-state index contributed by atoms with van der Waals surface area (Å²) in [5.74, 6) is 0.654. The van der Waals surface area contributed by atoms with Gasteiger partial charge in [-0.25, -0.2) is 16.9 Å². The lowest BCUT2D eigenvalue weighted by Gasteiger charge is -2.24.